The average Bonchev–Trinajstić information content (AvgIpc) is 2.37. The minimum Gasteiger partial charge on any atom is -0.360 e. The summed E-state index contributed by atoms with van der Waals surface area (Å²) < 4.78 is 26.2. The molecule has 1 N–H and O–H groups in total. The molecule has 0 fully saturated rings. The quantitative estimate of drug-likeness (QED) is 0.689. The smallest absolute Gasteiger partial charge is 0.314 e. The maximum atomic E-state index is 13.5. The second-order valence-electron chi connectivity index (χ2n) is 4.17. The van der Waals surface area contributed by atoms with E-state index in [1.54, 1.807) is 6.92 Å². The van der Waals surface area contributed by atoms with Crippen molar-refractivity contribution in [3.8, 4) is 0 Å². The Balaban J connectivity index is 2.23. The minimum absolute atomic E-state index is 0.0244. The number of hydrogen-bond acceptors (Lipinski definition) is 4. The number of nitrogens with one attached hydrogen (secondary N) is 1. The van der Waals surface area contributed by atoms with Crippen LogP contribution in [-0.2, 0) is 6.54 Å². The van der Waals surface area contributed by atoms with Gasteiger partial charge in [-0.3, -0.25) is 10.1 Å². The van der Waals surface area contributed by atoms with Crippen molar-refractivity contribution in [3.63, 3.8) is 0 Å². The molecule has 0 aliphatic heterocycles. The standard InChI is InChI=1S/C13H11F2N3O2/c1-8-4-5-16-13(12(8)18(19)20)17-7-9-2-3-10(14)6-11(9)15/h2-6H,7H2,1H3,(H,16,17). The van der Waals surface area contributed by atoms with Crippen LogP contribution in [0.2, 0.25) is 0 Å². The molecule has 0 spiro atoms. The largest absolute Gasteiger partial charge is 0.360 e. The van der Waals surface area contributed by atoms with E-state index in [4.69, 9.17) is 0 Å². The van der Waals surface area contributed by atoms with Crippen molar-refractivity contribution in [2.45, 2.75) is 13.5 Å². The van der Waals surface area contributed by atoms with Crippen LogP contribution < -0.4 is 5.32 Å². The number of hydrogen-bond donors (Lipinski definition) is 1. The van der Waals surface area contributed by atoms with E-state index in [-0.39, 0.29) is 23.6 Å². The van der Waals surface area contributed by atoms with Gasteiger partial charge in [-0.1, -0.05) is 6.07 Å². The van der Waals surface area contributed by atoms with Crippen LogP contribution in [0, 0.1) is 28.7 Å². The zero-order valence-electron chi connectivity index (χ0n) is 10.6. The van der Waals surface area contributed by atoms with Gasteiger partial charge in [0.25, 0.3) is 0 Å². The van der Waals surface area contributed by atoms with Crippen LogP contribution in [-0.4, -0.2) is 9.91 Å². The predicted octanol–water partition coefficient (Wildman–Crippen LogP) is 3.19. The summed E-state index contributed by atoms with van der Waals surface area (Å²) in [7, 11) is 0. The second-order valence-corrected chi connectivity index (χ2v) is 4.17. The lowest BCUT2D eigenvalue weighted by atomic mass is 10.2. The van der Waals surface area contributed by atoms with Crippen LogP contribution in [0.4, 0.5) is 20.3 Å². The van der Waals surface area contributed by atoms with E-state index in [1.807, 2.05) is 0 Å². The Morgan fingerprint density at radius 3 is 2.75 bits per heavy atom. The average molecular weight is 279 g/mol. The number of nitro groups is 1. The van der Waals surface area contributed by atoms with Gasteiger partial charge in [-0.25, -0.2) is 13.8 Å². The molecule has 1 aromatic heterocycles. The zero-order chi connectivity index (χ0) is 14.7. The third-order valence-corrected chi connectivity index (χ3v) is 2.77. The van der Waals surface area contributed by atoms with E-state index < -0.39 is 16.6 Å². The predicted molar refractivity (Wildman–Crippen MR) is 69.3 cm³/mol. The molecular weight excluding hydrogens is 268 g/mol. The van der Waals surface area contributed by atoms with E-state index in [9.17, 15) is 18.9 Å². The molecule has 0 saturated heterocycles. The number of benzene rings is 1. The first-order valence-corrected chi connectivity index (χ1v) is 5.77. The molecule has 0 amide bonds. The molecule has 104 valence electrons. The van der Waals surface area contributed by atoms with E-state index in [1.165, 1.54) is 18.3 Å². The molecule has 20 heavy (non-hydrogen) atoms. The van der Waals surface area contributed by atoms with E-state index >= 15 is 0 Å². The second kappa shape index (κ2) is 5.60. The molecule has 1 heterocycles. The van der Waals surface area contributed by atoms with Gasteiger partial charge in [0.2, 0.25) is 5.82 Å². The van der Waals surface area contributed by atoms with Crippen molar-refractivity contribution in [3.05, 3.63) is 63.3 Å². The lowest BCUT2D eigenvalue weighted by Crippen LogP contribution is -2.07. The van der Waals surface area contributed by atoms with Gasteiger partial charge >= 0.3 is 5.69 Å². The monoisotopic (exact) mass is 279 g/mol. The van der Waals surface area contributed by atoms with E-state index in [0.717, 1.165) is 12.1 Å². The molecule has 2 rings (SSSR count). The van der Waals surface area contributed by atoms with Gasteiger partial charge in [0.1, 0.15) is 11.6 Å². The number of nitrogens with zero attached hydrogens (tertiary/aromatic N) is 2. The Bertz CT molecular complexity index is 662. The molecule has 5 nitrogen and oxygen atoms in total. The first-order valence-electron chi connectivity index (χ1n) is 5.77. The molecule has 0 saturated carbocycles. The van der Waals surface area contributed by atoms with Crippen molar-refractivity contribution < 1.29 is 13.7 Å². The Morgan fingerprint density at radius 2 is 2.10 bits per heavy atom. The summed E-state index contributed by atoms with van der Waals surface area (Å²) >= 11 is 0. The number of aryl methyl sites for hydroxylation is 1. The molecule has 0 atom stereocenters. The summed E-state index contributed by atoms with van der Waals surface area (Å²) in [5.74, 6) is -1.34. The van der Waals surface area contributed by atoms with Crippen LogP contribution in [0.15, 0.2) is 30.5 Å². The first kappa shape index (κ1) is 13.9. The Kier molecular flexibility index (Phi) is 3.88. The first-order chi connectivity index (χ1) is 9.49. The van der Waals surface area contributed by atoms with Gasteiger partial charge in [0.15, 0.2) is 0 Å². The van der Waals surface area contributed by atoms with Crippen molar-refractivity contribution in [2.24, 2.45) is 0 Å². The number of rotatable bonds is 4. The van der Waals surface area contributed by atoms with Crippen molar-refractivity contribution >= 4 is 11.5 Å². The molecule has 2 aromatic rings. The van der Waals surface area contributed by atoms with Gasteiger partial charge < -0.3 is 5.32 Å². The highest BCUT2D eigenvalue weighted by Crippen LogP contribution is 2.26. The van der Waals surface area contributed by atoms with Crippen LogP contribution in [0.5, 0.6) is 0 Å². The SMILES string of the molecule is Cc1ccnc(NCc2ccc(F)cc2F)c1[N+](=O)[O-]. The fourth-order valence-electron chi connectivity index (χ4n) is 1.75. The molecule has 0 aliphatic rings. The number of halogens is 2. The van der Waals surface area contributed by atoms with Gasteiger partial charge in [0.05, 0.1) is 4.92 Å². The molecule has 0 aliphatic carbocycles. The van der Waals surface area contributed by atoms with Crippen molar-refractivity contribution in [1.29, 1.82) is 0 Å². The maximum absolute atomic E-state index is 13.5. The van der Waals surface area contributed by atoms with Crippen molar-refractivity contribution in [2.75, 3.05) is 5.32 Å². The molecule has 1 aromatic carbocycles. The van der Waals surface area contributed by atoms with Gasteiger partial charge in [-0.15, -0.1) is 0 Å². The summed E-state index contributed by atoms with van der Waals surface area (Å²) in [6.07, 6.45) is 1.42. The lowest BCUT2D eigenvalue weighted by Gasteiger charge is -2.08. The number of pyridine rings is 1. The highest BCUT2D eigenvalue weighted by atomic mass is 19.1. The Labute approximate surface area is 113 Å². The van der Waals surface area contributed by atoms with E-state index in [0.29, 0.717) is 5.56 Å². The topological polar surface area (TPSA) is 68.1 Å². The summed E-state index contributed by atoms with van der Waals surface area (Å²) in [5.41, 5.74) is 0.492. The van der Waals surface area contributed by atoms with E-state index in [2.05, 4.69) is 10.3 Å². The van der Waals surface area contributed by atoms with Crippen LogP contribution in [0.25, 0.3) is 0 Å². The minimum atomic E-state index is -0.715. The normalized spacial score (nSPS) is 10.3. The van der Waals surface area contributed by atoms with Crippen LogP contribution >= 0.6 is 0 Å². The third-order valence-electron chi connectivity index (χ3n) is 2.77. The molecule has 0 radical (unpaired) electrons. The zero-order valence-corrected chi connectivity index (χ0v) is 10.6. The maximum Gasteiger partial charge on any atom is 0.314 e. The fourth-order valence-corrected chi connectivity index (χ4v) is 1.75. The van der Waals surface area contributed by atoms with Crippen molar-refractivity contribution in [1.82, 2.24) is 4.98 Å². The Morgan fingerprint density at radius 1 is 1.35 bits per heavy atom. The van der Waals surface area contributed by atoms with Crippen LogP contribution in [0.1, 0.15) is 11.1 Å². The summed E-state index contributed by atoms with van der Waals surface area (Å²) in [6.45, 7) is 1.56. The Hall–Kier alpha value is -2.57. The number of anilines is 1. The highest BCUT2D eigenvalue weighted by molar-refractivity contribution is 5.59. The van der Waals surface area contributed by atoms with Gasteiger partial charge in [0, 0.05) is 29.9 Å². The summed E-state index contributed by atoms with van der Waals surface area (Å²) in [6, 6.07) is 4.67. The van der Waals surface area contributed by atoms with Gasteiger partial charge in [-0.05, 0) is 19.1 Å². The molecule has 0 unspecified atom stereocenters. The molecule has 7 heteroatoms. The number of aromatic nitrogens is 1. The fraction of sp³-hybridized carbons (Fsp3) is 0.154. The molecular formula is C13H11F2N3O2. The molecule has 0 bridgehead atoms. The van der Waals surface area contributed by atoms with Gasteiger partial charge in [-0.2, -0.15) is 0 Å². The lowest BCUT2D eigenvalue weighted by molar-refractivity contribution is -0.384. The van der Waals surface area contributed by atoms with Crippen LogP contribution in [0.3, 0.4) is 0 Å². The third kappa shape index (κ3) is 2.87. The highest BCUT2D eigenvalue weighted by Gasteiger charge is 2.18. The summed E-state index contributed by atoms with van der Waals surface area (Å²) in [5, 5.41) is 13.7. The summed E-state index contributed by atoms with van der Waals surface area (Å²) in [4.78, 5) is 14.3.